The van der Waals surface area contributed by atoms with E-state index in [1.807, 2.05) is 36.2 Å². The molecular formula is C18H20N4O2. The van der Waals surface area contributed by atoms with Crippen LogP contribution in [0, 0.1) is 6.92 Å². The van der Waals surface area contributed by atoms with Gasteiger partial charge in [0.05, 0.1) is 18.5 Å². The molecule has 0 radical (unpaired) electrons. The number of nitrogens with zero attached hydrogens (tertiary/aromatic N) is 4. The van der Waals surface area contributed by atoms with Crippen molar-refractivity contribution < 1.29 is 9.21 Å². The molecule has 3 aromatic heterocycles. The van der Waals surface area contributed by atoms with Crippen molar-refractivity contribution in [2.75, 3.05) is 6.54 Å². The number of aromatic nitrogens is 3. The Morgan fingerprint density at radius 3 is 3.04 bits per heavy atom. The lowest BCUT2D eigenvalue weighted by Crippen LogP contribution is -2.34. The maximum Gasteiger partial charge on any atom is 0.259 e. The zero-order valence-electron chi connectivity index (χ0n) is 13.7. The van der Waals surface area contributed by atoms with Crippen LogP contribution >= 0.6 is 0 Å². The van der Waals surface area contributed by atoms with E-state index in [4.69, 9.17) is 4.42 Å². The highest BCUT2D eigenvalue weighted by Crippen LogP contribution is 2.32. The third-order valence-corrected chi connectivity index (χ3v) is 4.62. The second-order valence-corrected chi connectivity index (χ2v) is 6.27. The molecule has 1 aliphatic rings. The zero-order chi connectivity index (χ0) is 16.5. The van der Waals surface area contributed by atoms with E-state index in [1.54, 1.807) is 17.0 Å². The molecule has 0 bridgehead atoms. The molecule has 1 fully saturated rings. The quantitative estimate of drug-likeness (QED) is 0.725. The van der Waals surface area contributed by atoms with Gasteiger partial charge in [0.2, 0.25) is 0 Å². The number of hydrogen-bond donors (Lipinski definition) is 0. The van der Waals surface area contributed by atoms with E-state index in [1.165, 1.54) is 0 Å². The number of carbonyl (C=O) groups is 1. The summed E-state index contributed by atoms with van der Waals surface area (Å²) in [7, 11) is 0. The summed E-state index contributed by atoms with van der Waals surface area (Å²) >= 11 is 0. The summed E-state index contributed by atoms with van der Waals surface area (Å²) < 4.78 is 7.26. The van der Waals surface area contributed by atoms with E-state index < -0.39 is 0 Å². The summed E-state index contributed by atoms with van der Waals surface area (Å²) in [5.74, 6) is 0.831. The van der Waals surface area contributed by atoms with Gasteiger partial charge in [0, 0.05) is 18.4 Å². The second-order valence-electron chi connectivity index (χ2n) is 6.27. The number of furan rings is 1. The summed E-state index contributed by atoms with van der Waals surface area (Å²) in [4.78, 5) is 19.7. The largest absolute Gasteiger partial charge is 0.467 e. The zero-order valence-corrected chi connectivity index (χ0v) is 13.7. The van der Waals surface area contributed by atoms with Gasteiger partial charge >= 0.3 is 0 Å². The maximum absolute atomic E-state index is 13.2. The van der Waals surface area contributed by atoms with E-state index in [-0.39, 0.29) is 11.9 Å². The highest BCUT2D eigenvalue weighted by atomic mass is 16.3. The first-order valence-electron chi connectivity index (χ1n) is 8.39. The van der Waals surface area contributed by atoms with Gasteiger partial charge in [-0.05, 0) is 38.0 Å². The minimum Gasteiger partial charge on any atom is -0.467 e. The van der Waals surface area contributed by atoms with E-state index in [2.05, 4.69) is 10.1 Å². The van der Waals surface area contributed by atoms with Crippen molar-refractivity contribution in [1.29, 1.82) is 0 Å². The molecule has 1 atom stereocenters. The SMILES string of the molecule is Cc1ccn2ncc(C(=O)N3CCCCC[C@H]3c3ccco3)c2n1. The van der Waals surface area contributed by atoms with Crippen molar-refractivity contribution in [3.8, 4) is 0 Å². The van der Waals surface area contributed by atoms with Crippen molar-refractivity contribution in [2.24, 2.45) is 0 Å². The van der Waals surface area contributed by atoms with E-state index in [0.29, 0.717) is 11.2 Å². The minimum absolute atomic E-state index is 0.0187. The molecular weight excluding hydrogens is 304 g/mol. The number of amides is 1. The monoisotopic (exact) mass is 324 g/mol. The fraction of sp³-hybridized carbons (Fsp3) is 0.389. The Bertz CT molecular complexity index is 853. The van der Waals surface area contributed by atoms with Gasteiger partial charge in [-0.25, -0.2) is 9.50 Å². The van der Waals surface area contributed by atoms with Crippen LogP contribution in [0.25, 0.3) is 5.65 Å². The van der Waals surface area contributed by atoms with Gasteiger partial charge in [0.25, 0.3) is 5.91 Å². The molecule has 4 heterocycles. The Labute approximate surface area is 140 Å². The molecule has 124 valence electrons. The van der Waals surface area contributed by atoms with Crippen LogP contribution in [0.4, 0.5) is 0 Å². The predicted octanol–water partition coefficient (Wildman–Crippen LogP) is 3.39. The minimum atomic E-state index is -0.0219. The van der Waals surface area contributed by atoms with Crippen molar-refractivity contribution in [3.05, 3.63) is 53.9 Å². The highest BCUT2D eigenvalue weighted by molar-refractivity contribution is 5.99. The lowest BCUT2D eigenvalue weighted by molar-refractivity contribution is 0.0660. The highest BCUT2D eigenvalue weighted by Gasteiger charge is 2.31. The first-order valence-corrected chi connectivity index (χ1v) is 8.39. The number of carbonyl (C=O) groups excluding carboxylic acids is 1. The van der Waals surface area contributed by atoms with Crippen molar-refractivity contribution in [2.45, 2.75) is 38.6 Å². The Hall–Kier alpha value is -2.63. The molecule has 0 aromatic carbocycles. The molecule has 0 N–H and O–H groups in total. The Balaban J connectivity index is 1.73. The summed E-state index contributed by atoms with van der Waals surface area (Å²) in [6.45, 7) is 2.65. The van der Waals surface area contributed by atoms with Crippen molar-refractivity contribution >= 4 is 11.6 Å². The molecule has 0 saturated carbocycles. The van der Waals surface area contributed by atoms with Crippen LogP contribution in [0.15, 0.2) is 41.3 Å². The Kier molecular flexibility index (Phi) is 3.80. The summed E-state index contributed by atoms with van der Waals surface area (Å²) in [5, 5.41) is 4.27. The number of hydrogen-bond acceptors (Lipinski definition) is 4. The van der Waals surface area contributed by atoms with E-state index in [0.717, 1.165) is 43.7 Å². The average Bonchev–Trinajstić information content (AvgIpc) is 3.19. The molecule has 6 nitrogen and oxygen atoms in total. The van der Waals surface area contributed by atoms with Gasteiger partial charge in [-0.3, -0.25) is 4.79 Å². The van der Waals surface area contributed by atoms with Crippen LogP contribution in [0.5, 0.6) is 0 Å². The molecule has 6 heteroatoms. The van der Waals surface area contributed by atoms with Crippen LogP contribution in [0.1, 0.15) is 53.5 Å². The van der Waals surface area contributed by atoms with E-state index in [9.17, 15) is 4.79 Å². The number of rotatable bonds is 2. The molecule has 0 spiro atoms. The van der Waals surface area contributed by atoms with Gasteiger partial charge in [-0.15, -0.1) is 0 Å². The molecule has 0 aliphatic carbocycles. The molecule has 0 unspecified atom stereocenters. The van der Waals surface area contributed by atoms with Gasteiger partial charge < -0.3 is 9.32 Å². The summed E-state index contributed by atoms with van der Waals surface area (Å²) in [6, 6.07) is 5.69. The second kappa shape index (κ2) is 6.11. The van der Waals surface area contributed by atoms with Crippen LogP contribution in [0.3, 0.4) is 0 Å². The molecule has 1 amide bonds. The van der Waals surface area contributed by atoms with Crippen LogP contribution in [-0.2, 0) is 0 Å². The lowest BCUT2D eigenvalue weighted by atomic mass is 10.1. The predicted molar refractivity (Wildman–Crippen MR) is 88.7 cm³/mol. The third-order valence-electron chi connectivity index (χ3n) is 4.62. The molecule has 24 heavy (non-hydrogen) atoms. The van der Waals surface area contributed by atoms with E-state index >= 15 is 0 Å². The number of fused-ring (bicyclic) bond motifs is 1. The van der Waals surface area contributed by atoms with Gasteiger partial charge in [0.1, 0.15) is 11.3 Å². The van der Waals surface area contributed by atoms with Crippen LogP contribution in [0.2, 0.25) is 0 Å². The average molecular weight is 324 g/mol. The van der Waals surface area contributed by atoms with Crippen LogP contribution < -0.4 is 0 Å². The molecule has 1 saturated heterocycles. The summed E-state index contributed by atoms with van der Waals surface area (Å²) in [6.07, 6.45) is 9.28. The molecule has 3 aromatic rings. The van der Waals surface area contributed by atoms with Gasteiger partial charge in [0.15, 0.2) is 5.65 Å². The number of likely N-dealkylation sites (tertiary alicyclic amines) is 1. The Morgan fingerprint density at radius 1 is 1.29 bits per heavy atom. The number of aryl methyl sites for hydroxylation is 1. The normalized spacial score (nSPS) is 18.7. The van der Waals surface area contributed by atoms with Gasteiger partial charge in [-0.2, -0.15) is 5.10 Å². The fourth-order valence-corrected chi connectivity index (χ4v) is 3.39. The van der Waals surface area contributed by atoms with Crippen LogP contribution in [-0.4, -0.2) is 31.9 Å². The van der Waals surface area contributed by atoms with Gasteiger partial charge in [-0.1, -0.05) is 12.8 Å². The lowest BCUT2D eigenvalue weighted by Gasteiger charge is -2.28. The van der Waals surface area contributed by atoms with Crippen molar-refractivity contribution in [3.63, 3.8) is 0 Å². The molecule has 4 rings (SSSR count). The summed E-state index contributed by atoms with van der Waals surface area (Å²) in [5.41, 5.74) is 2.04. The van der Waals surface area contributed by atoms with Crippen molar-refractivity contribution in [1.82, 2.24) is 19.5 Å². The first kappa shape index (κ1) is 14.9. The standard InChI is InChI=1S/C18H20N4O2/c1-13-8-10-22-17(20-13)14(12-19-22)18(23)21-9-4-2-3-6-15(21)16-7-5-11-24-16/h5,7-8,10-12,15H,2-4,6,9H2,1H3/t15-/m0/s1. The first-order chi connectivity index (χ1) is 11.7. The fourth-order valence-electron chi connectivity index (χ4n) is 3.39. The smallest absolute Gasteiger partial charge is 0.259 e. The maximum atomic E-state index is 13.2. The topological polar surface area (TPSA) is 63.6 Å². The Morgan fingerprint density at radius 2 is 2.21 bits per heavy atom. The third kappa shape index (κ3) is 2.58. The molecule has 1 aliphatic heterocycles.